The van der Waals surface area contributed by atoms with Crippen LogP contribution < -0.4 is 16.4 Å². The highest BCUT2D eigenvalue weighted by molar-refractivity contribution is 5.85. The third kappa shape index (κ3) is 6.86. The number of hydrogen-bond donors (Lipinski definition) is 3. The van der Waals surface area contributed by atoms with Crippen LogP contribution in [0.4, 0.5) is 0 Å². The normalized spacial score (nSPS) is 10.3. The minimum atomic E-state index is -0.332. The fourth-order valence-electron chi connectivity index (χ4n) is 1.67. The molecule has 6 nitrogen and oxygen atoms in total. The molecule has 0 aliphatic carbocycles. The van der Waals surface area contributed by atoms with Crippen molar-refractivity contribution in [2.75, 3.05) is 33.2 Å². The van der Waals surface area contributed by atoms with Gasteiger partial charge in [-0.25, -0.2) is 0 Å². The highest BCUT2D eigenvalue weighted by Crippen LogP contribution is 2.01. The Morgan fingerprint density at radius 3 is 2.50 bits per heavy atom. The summed E-state index contributed by atoms with van der Waals surface area (Å²) in [6.07, 6.45) is 0. The zero-order chi connectivity index (χ0) is 14.8. The van der Waals surface area contributed by atoms with Gasteiger partial charge in [-0.1, -0.05) is 30.3 Å². The maximum Gasteiger partial charge on any atom is 0.239 e. The van der Waals surface area contributed by atoms with E-state index in [4.69, 9.17) is 5.73 Å². The van der Waals surface area contributed by atoms with Crippen molar-refractivity contribution >= 4 is 11.8 Å². The Labute approximate surface area is 119 Å². The molecule has 0 saturated carbocycles. The van der Waals surface area contributed by atoms with Crippen LogP contribution in [-0.2, 0) is 16.1 Å². The standard InChI is InChI=1S/C14H22N4O2/c1-18(11-12-5-3-2-4-6-12)8-7-16-14(20)10-17-13(19)9-15/h2-6H,7-11,15H2,1H3,(H,16,20)(H,17,19). The molecule has 0 fully saturated rings. The van der Waals surface area contributed by atoms with Gasteiger partial charge in [-0.3, -0.25) is 9.59 Å². The van der Waals surface area contributed by atoms with E-state index in [1.165, 1.54) is 5.56 Å². The van der Waals surface area contributed by atoms with Gasteiger partial charge in [0.15, 0.2) is 0 Å². The maximum atomic E-state index is 11.4. The van der Waals surface area contributed by atoms with Crippen LogP contribution in [0.3, 0.4) is 0 Å². The van der Waals surface area contributed by atoms with Gasteiger partial charge in [-0.2, -0.15) is 0 Å². The molecule has 2 amide bonds. The molecule has 0 aliphatic rings. The molecule has 0 aliphatic heterocycles. The van der Waals surface area contributed by atoms with E-state index in [0.29, 0.717) is 6.54 Å². The number of nitrogens with one attached hydrogen (secondary N) is 2. The van der Waals surface area contributed by atoms with E-state index in [-0.39, 0.29) is 24.9 Å². The Morgan fingerprint density at radius 1 is 1.15 bits per heavy atom. The average Bonchev–Trinajstić information content (AvgIpc) is 2.45. The summed E-state index contributed by atoms with van der Waals surface area (Å²) in [5, 5.41) is 5.16. The highest BCUT2D eigenvalue weighted by atomic mass is 16.2. The van der Waals surface area contributed by atoms with Crippen molar-refractivity contribution in [3.8, 4) is 0 Å². The fourth-order valence-corrected chi connectivity index (χ4v) is 1.67. The molecule has 0 atom stereocenters. The van der Waals surface area contributed by atoms with E-state index < -0.39 is 0 Å². The lowest BCUT2D eigenvalue weighted by Gasteiger charge is -2.17. The molecule has 1 rings (SSSR count). The van der Waals surface area contributed by atoms with E-state index in [2.05, 4.69) is 27.7 Å². The Kier molecular flexibility index (Phi) is 7.31. The molecule has 6 heteroatoms. The van der Waals surface area contributed by atoms with Gasteiger partial charge in [-0.05, 0) is 12.6 Å². The molecule has 0 unspecified atom stereocenters. The quantitative estimate of drug-likeness (QED) is 0.587. The van der Waals surface area contributed by atoms with Crippen LogP contribution in [-0.4, -0.2) is 49.9 Å². The number of carbonyl (C=O) groups excluding carboxylic acids is 2. The van der Waals surface area contributed by atoms with Gasteiger partial charge >= 0.3 is 0 Å². The van der Waals surface area contributed by atoms with Gasteiger partial charge in [0.2, 0.25) is 11.8 Å². The molecule has 0 heterocycles. The van der Waals surface area contributed by atoms with Crippen LogP contribution in [0.5, 0.6) is 0 Å². The van der Waals surface area contributed by atoms with Crippen molar-refractivity contribution in [2.24, 2.45) is 5.73 Å². The molecule has 110 valence electrons. The second kappa shape index (κ2) is 9.06. The molecular formula is C14H22N4O2. The number of amides is 2. The van der Waals surface area contributed by atoms with Gasteiger partial charge in [0.05, 0.1) is 13.1 Å². The zero-order valence-electron chi connectivity index (χ0n) is 11.8. The van der Waals surface area contributed by atoms with E-state index in [1.807, 2.05) is 25.2 Å². The molecule has 0 aromatic heterocycles. The molecule has 0 saturated heterocycles. The second-order valence-corrected chi connectivity index (χ2v) is 4.55. The van der Waals surface area contributed by atoms with E-state index >= 15 is 0 Å². The summed E-state index contributed by atoms with van der Waals surface area (Å²) in [6.45, 7) is 1.98. The number of benzene rings is 1. The lowest BCUT2D eigenvalue weighted by molar-refractivity contribution is -0.125. The van der Waals surface area contributed by atoms with Crippen LogP contribution in [0.15, 0.2) is 30.3 Å². The largest absolute Gasteiger partial charge is 0.353 e. The van der Waals surface area contributed by atoms with E-state index in [9.17, 15) is 9.59 Å². The van der Waals surface area contributed by atoms with Gasteiger partial charge in [0.25, 0.3) is 0 Å². The first-order chi connectivity index (χ1) is 9.61. The van der Waals surface area contributed by atoms with E-state index in [1.54, 1.807) is 0 Å². The van der Waals surface area contributed by atoms with Crippen LogP contribution in [0.2, 0.25) is 0 Å². The van der Waals surface area contributed by atoms with Crippen LogP contribution >= 0.6 is 0 Å². The Morgan fingerprint density at radius 2 is 1.85 bits per heavy atom. The predicted molar refractivity (Wildman–Crippen MR) is 77.8 cm³/mol. The monoisotopic (exact) mass is 278 g/mol. The summed E-state index contributed by atoms with van der Waals surface area (Å²) in [5.41, 5.74) is 6.35. The summed E-state index contributed by atoms with van der Waals surface area (Å²) in [6, 6.07) is 10.1. The van der Waals surface area contributed by atoms with Crippen molar-refractivity contribution in [2.45, 2.75) is 6.54 Å². The van der Waals surface area contributed by atoms with Crippen molar-refractivity contribution < 1.29 is 9.59 Å². The SMILES string of the molecule is CN(CCNC(=O)CNC(=O)CN)Cc1ccccc1. The van der Waals surface area contributed by atoms with E-state index in [0.717, 1.165) is 13.1 Å². The number of nitrogens with two attached hydrogens (primary N) is 1. The van der Waals surface area contributed by atoms with Gasteiger partial charge in [-0.15, -0.1) is 0 Å². The predicted octanol–water partition coefficient (Wildman–Crippen LogP) is -0.690. The molecule has 1 aromatic carbocycles. The maximum absolute atomic E-state index is 11.4. The van der Waals surface area contributed by atoms with Crippen LogP contribution in [0.1, 0.15) is 5.56 Å². The number of likely N-dealkylation sites (N-methyl/N-ethyl adjacent to an activating group) is 1. The number of nitrogens with zero attached hydrogens (tertiary/aromatic N) is 1. The third-order valence-corrected chi connectivity index (χ3v) is 2.74. The molecule has 0 bridgehead atoms. The van der Waals surface area contributed by atoms with Crippen molar-refractivity contribution in [3.05, 3.63) is 35.9 Å². The van der Waals surface area contributed by atoms with Crippen LogP contribution in [0, 0.1) is 0 Å². The summed E-state index contributed by atoms with van der Waals surface area (Å²) in [4.78, 5) is 24.4. The Balaban J connectivity index is 2.14. The second-order valence-electron chi connectivity index (χ2n) is 4.55. The minimum absolute atomic E-state index is 0.0293. The van der Waals surface area contributed by atoms with Crippen molar-refractivity contribution in [3.63, 3.8) is 0 Å². The molecule has 0 radical (unpaired) electrons. The molecule has 4 N–H and O–H groups in total. The smallest absolute Gasteiger partial charge is 0.239 e. The van der Waals surface area contributed by atoms with Gasteiger partial charge in [0.1, 0.15) is 0 Å². The Bertz CT molecular complexity index is 422. The highest BCUT2D eigenvalue weighted by Gasteiger charge is 2.04. The minimum Gasteiger partial charge on any atom is -0.353 e. The summed E-state index contributed by atoms with van der Waals surface area (Å²) in [5.74, 6) is -0.541. The van der Waals surface area contributed by atoms with Crippen LogP contribution in [0.25, 0.3) is 0 Å². The Hall–Kier alpha value is -1.92. The first kappa shape index (κ1) is 16.1. The van der Waals surface area contributed by atoms with Crippen molar-refractivity contribution in [1.82, 2.24) is 15.5 Å². The summed E-state index contributed by atoms with van der Waals surface area (Å²) < 4.78 is 0. The zero-order valence-corrected chi connectivity index (χ0v) is 11.8. The summed E-state index contributed by atoms with van der Waals surface area (Å²) >= 11 is 0. The molecule has 20 heavy (non-hydrogen) atoms. The molecule has 0 spiro atoms. The fraction of sp³-hybridized carbons (Fsp3) is 0.429. The number of carbonyl (C=O) groups is 2. The first-order valence-corrected chi connectivity index (χ1v) is 6.57. The molecule has 1 aromatic rings. The topological polar surface area (TPSA) is 87.5 Å². The average molecular weight is 278 g/mol. The number of rotatable bonds is 8. The first-order valence-electron chi connectivity index (χ1n) is 6.57. The summed E-state index contributed by atoms with van der Waals surface area (Å²) in [7, 11) is 2.00. The van der Waals surface area contributed by atoms with Crippen molar-refractivity contribution in [1.29, 1.82) is 0 Å². The lowest BCUT2D eigenvalue weighted by atomic mass is 10.2. The van der Waals surface area contributed by atoms with Gasteiger partial charge < -0.3 is 21.3 Å². The third-order valence-electron chi connectivity index (χ3n) is 2.74. The lowest BCUT2D eigenvalue weighted by Crippen LogP contribution is -2.41. The van der Waals surface area contributed by atoms with Gasteiger partial charge in [0, 0.05) is 19.6 Å². The number of hydrogen-bond acceptors (Lipinski definition) is 4. The molecular weight excluding hydrogens is 256 g/mol.